The predicted molar refractivity (Wildman–Crippen MR) is 70.0 cm³/mol. The van der Waals surface area contributed by atoms with E-state index in [1.165, 1.54) is 0 Å². The molecule has 17 heavy (non-hydrogen) atoms. The third-order valence-corrected chi connectivity index (χ3v) is 4.66. The molecule has 3 heterocycles. The summed E-state index contributed by atoms with van der Waals surface area (Å²) < 4.78 is 7.48. The maximum Gasteiger partial charge on any atom is 0.176 e. The minimum Gasteiger partial charge on any atom is -0.378 e. The van der Waals surface area contributed by atoms with Crippen molar-refractivity contribution in [1.82, 2.24) is 15.0 Å². The quantitative estimate of drug-likeness (QED) is 0.772. The van der Waals surface area contributed by atoms with E-state index in [2.05, 4.69) is 19.9 Å². The summed E-state index contributed by atoms with van der Waals surface area (Å²) in [5, 5.41) is 0. The number of thiazole rings is 1. The fraction of sp³-hybridized carbons (Fsp3) is 0.500. The van der Waals surface area contributed by atoms with E-state index in [1.807, 2.05) is 6.26 Å². The summed E-state index contributed by atoms with van der Waals surface area (Å²) in [6.07, 6.45) is 3.62. The molecule has 0 aliphatic carbocycles. The molecule has 1 aliphatic rings. The normalized spacial score (nSPS) is 16.6. The van der Waals surface area contributed by atoms with Gasteiger partial charge in [0.15, 0.2) is 15.8 Å². The minimum absolute atomic E-state index is 0.764. The number of rotatable bonds is 2. The van der Waals surface area contributed by atoms with Gasteiger partial charge >= 0.3 is 0 Å². The third kappa shape index (κ3) is 2.10. The Kier molecular flexibility index (Phi) is 3.13. The highest BCUT2D eigenvalue weighted by atomic mass is 32.2. The first-order valence-corrected chi connectivity index (χ1v) is 7.41. The average Bonchev–Trinajstić information content (AvgIpc) is 2.82. The number of morpholine rings is 1. The number of hydrogen-bond donors (Lipinski definition) is 0. The second-order valence-corrected chi connectivity index (χ2v) is 5.69. The van der Waals surface area contributed by atoms with Crippen molar-refractivity contribution in [2.24, 2.45) is 0 Å². The summed E-state index contributed by atoms with van der Waals surface area (Å²) in [7, 11) is 0. The zero-order valence-corrected chi connectivity index (χ0v) is 11.1. The lowest BCUT2D eigenvalue weighted by molar-refractivity contribution is 0.122. The van der Waals surface area contributed by atoms with E-state index in [-0.39, 0.29) is 0 Å². The molecular weight excluding hydrogens is 256 g/mol. The number of nitrogens with zero attached hydrogens (tertiary/aromatic N) is 4. The number of fused-ring (bicyclic) bond motifs is 1. The van der Waals surface area contributed by atoms with E-state index in [9.17, 15) is 0 Å². The van der Waals surface area contributed by atoms with Crippen molar-refractivity contribution in [3.05, 3.63) is 6.33 Å². The SMILES string of the molecule is CSc1nc2ncnc(N3CCOCC3)c2s1. The largest absolute Gasteiger partial charge is 0.378 e. The van der Waals surface area contributed by atoms with Crippen LogP contribution in [0.1, 0.15) is 0 Å². The van der Waals surface area contributed by atoms with Crippen LogP contribution in [0, 0.1) is 0 Å². The molecule has 0 spiro atoms. The van der Waals surface area contributed by atoms with E-state index < -0.39 is 0 Å². The molecule has 2 aromatic heterocycles. The number of ether oxygens (including phenoxy) is 1. The van der Waals surface area contributed by atoms with Crippen LogP contribution in [0.3, 0.4) is 0 Å². The Balaban J connectivity index is 2.05. The van der Waals surface area contributed by atoms with Gasteiger partial charge in [-0.25, -0.2) is 15.0 Å². The van der Waals surface area contributed by atoms with Crippen LogP contribution >= 0.6 is 23.1 Å². The van der Waals surface area contributed by atoms with Gasteiger partial charge in [0.1, 0.15) is 11.0 Å². The van der Waals surface area contributed by atoms with Gasteiger partial charge < -0.3 is 9.64 Å². The Morgan fingerprint density at radius 2 is 2.18 bits per heavy atom. The van der Waals surface area contributed by atoms with Crippen LogP contribution in [0.25, 0.3) is 10.3 Å². The summed E-state index contributed by atoms with van der Waals surface area (Å²) in [4.78, 5) is 15.3. The molecule has 1 aliphatic heterocycles. The lowest BCUT2D eigenvalue weighted by atomic mass is 10.4. The topological polar surface area (TPSA) is 51.1 Å². The fourth-order valence-corrected chi connectivity index (χ4v) is 3.34. The molecule has 7 heteroatoms. The van der Waals surface area contributed by atoms with Gasteiger partial charge in [0.05, 0.1) is 13.2 Å². The van der Waals surface area contributed by atoms with Crippen LogP contribution in [0.15, 0.2) is 10.7 Å². The van der Waals surface area contributed by atoms with Crippen molar-refractivity contribution >= 4 is 39.3 Å². The molecule has 1 fully saturated rings. The number of hydrogen-bond acceptors (Lipinski definition) is 7. The van der Waals surface area contributed by atoms with E-state index in [4.69, 9.17) is 4.74 Å². The highest BCUT2D eigenvalue weighted by Crippen LogP contribution is 2.32. The van der Waals surface area contributed by atoms with Gasteiger partial charge in [-0.05, 0) is 6.26 Å². The molecule has 0 amide bonds. The van der Waals surface area contributed by atoms with E-state index in [1.54, 1.807) is 29.4 Å². The van der Waals surface area contributed by atoms with E-state index in [0.717, 1.165) is 46.8 Å². The molecular formula is C10H12N4OS2. The Morgan fingerprint density at radius 3 is 2.94 bits per heavy atom. The molecule has 3 rings (SSSR count). The van der Waals surface area contributed by atoms with Crippen LogP contribution in [0.5, 0.6) is 0 Å². The summed E-state index contributed by atoms with van der Waals surface area (Å²) in [6, 6.07) is 0. The van der Waals surface area contributed by atoms with Gasteiger partial charge in [-0.15, -0.1) is 11.3 Å². The third-order valence-electron chi connectivity index (χ3n) is 2.64. The van der Waals surface area contributed by atoms with Gasteiger partial charge in [-0.3, -0.25) is 0 Å². The fourth-order valence-electron chi connectivity index (χ4n) is 1.81. The van der Waals surface area contributed by atoms with Crippen LogP contribution in [0.2, 0.25) is 0 Å². The van der Waals surface area contributed by atoms with Gasteiger partial charge in [0, 0.05) is 13.1 Å². The maximum absolute atomic E-state index is 5.36. The molecule has 0 atom stereocenters. The number of thioether (sulfide) groups is 1. The van der Waals surface area contributed by atoms with Crippen LogP contribution in [-0.4, -0.2) is 47.5 Å². The van der Waals surface area contributed by atoms with Gasteiger partial charge in [-0.1, -0.05) is 11.8 Å². The highest BCUT2D eigenvalue weighted by molar-refractivity contribution is 8.00. The molecule has 0 N–H and O–H groups in total. The first-order chi connectivity index (χ1) is 8.38. The minimum atomic E-state index is 0.764. The van der Waals surface area contributed by atoms with E-state index in [0.29, 0.717) is 0 Å². The summed E-state index contributed by atoms with van der Waals surface area (Å²) >= 11 is 3.31. The van der Waals surface area contributed by atoms with Crippen LogP contribution in [-0.2, 0) is 4.74 Å². The summed E-state index contributed by atoms with van der Waals surface area (Å²) in [6.45, 7) is 3.30. The van der Waals surface area contributed by atoms with Crippen molar-refractivity contribution in [2.45, 2.75) is 4.34 Å². The standard InChI is InChI=1S/C10H12N4OS2/c1-16-10-13-8-7(17-10)9(12-6-11-8)14-2-4-15-5-3-14/h6H,2-5H2,1H3. The van der Waals surface area contributed by atoms with E-state index >= 15 is 0 Å². The molecule has 2 aromatic rings. The first-order valence-electron chi connectivity index (χ1n) is 5.36. The summed E-state index contributed by atoms with van der Waals surface area (Å²) in [5.74, 6) is 0.996. The van der Waals surface area contributed by atoms with Crippen molar-refractivity contribution in [3.63, 3.8) is 0 Å². The smallest absolute Gasteiger partial charge is 0.176 e. The monoisotopic (exact) mass is 268 g/mol. The first kappa shape index (κ1) is 11.2. The van der Waals surface area contributed by atoms with Gasteiger partial charge in [0.25, 0.3) is 0 Å². The average molecular weight is 268 g/mol. The van der Waals surface area contributed by atoms with Crippen molar-refractivity contribution in [1.29, 1.82) is 0 Å². The molecule has 0 radical (unpaired) electrons. The van der Waals surface area contributed by atoms with Gasteiger partial charge in [-0.2, -0.15) is 0 Å². The van der Waals surface area contributed by atoms with Crippen molar-refractivity contribution in [2.75, 3.05) is 37.5 Å². The second-order valence-electron chi connectivity index (χ2n) is 3.63. The lowest BCUT2D eigenvalue weighted by Gasteiger charge is -2.27. The Hall–Kier alpha value is -0.920. The molecule has 0 unspecified atom stereocenters. The molecule has 1 saturated heterocycles. The highest BCUT2D eigenvalue weighted by Gasteiger charge is 2.18. The lowest BCUT2D eigenvalue weighted by Crippen LogP contribution is -2.36. The molecule has 0 aromatic carbocycles. The maximum atomic E-state index is 5.36. The van der Waals surface area contributed by atoms with Gasteiger partial charge in [0.2, 0.25) is 0 Å². The van der Waals surface area contributed by atoms with Crippen LogP contribution in [0.4, 0.5) is 5.82 Å². The Labute approximate surface area is 107 Å². The Morgan fingerprint density at radius 1 is 1.35 bits per heavy atom. The second kappa shape index (κ2) is 4.75. The molecule has 0 saturated carbocycles. The Bertz CT molecular complexity index is 524. The molecule has 5 nitrogen and oxygen atoms in total. The van der Waals surface area contributed by atoms with Crippen molar-refractivity contribution in [3.8, 4) is 0 Å². The van der Waals surface area contributed by atoms with Crippen molar-refractivity contribution < 1.29 is 4.74 Å². The molecule has 90 valence electrons. The zero-order chi connectivity index (χ0) is 11.7. The van der Waals surface area contributed by atoms with Crippen LogP contribution < -0.4 is 4.90 Å². The predicted octanol–water partition coefficient (Wildman–Crippen LogP) is 1.64. The number of anilines is 1. The summed E-state index contributed by atoms with van der Waals surface area (Å²) in [5.41, 5.74) is 0.802. The zero-order valence-electron chi connectivity index (χ0n) is 9.42. The molecule has 0 bridgehead atoms. The number of aromatic nitrogens is 3.